The molecule has 0 aromatic rings. The summed E-state index contributed by atoms with van der Waals surface area (Å²) in [6.07, 6.45) is 0. The molecule has 0 rings (SSSR count). The molecular formula is C13H28O5P2. The zero-order chi connectivity index (χ0) is 15.9. The highest BCUT2D eigenvalue weighted by Crippen LogP contribution is 2.68. The van der Waals surface area contributed by atoms with Crippen LogP contribution in [0.4, 0.5) is 0 Å². The predicted octanol–water partition coefficient (Wildman–Crippen LogP) is 4.05. The molecule has 0 bridgehead atoms. The smallest absolute Gasteiger partial charge is 0.349 e. The van der Waals surface area contributed by atoms with Crippen molar-refractivity contribution in [3.8, 4) is 0 Å². The molecule has 0 N–H and O–H groups in total. The van der Waals surface area contributed by atoms with Crippen molar-refractivity contribution in [1.82, 2.24) is 0 Å². The van der Waals surface area contributed by atoms with E-state index in [4.69, 9.17) is 13.8 Å². The maximum Gasteiger partial charge on any atom is 0.349 e. The van der Waals surface area contributed by atoms with Gasteiger partial charge in [-0.15, -0.1) is 0 Å². The molecule has 120 valence electrons. The van der Waals surface area contributed by atoms with Crippen LogP contribution in [-0.4, -0.2) is 43.0 Å². The van der Waals surface area contributed by atoms with Crippen molar-refractivity contribution >= 4 is 21.5 Å². The van der Waals surface area contributed by atoms with Crippen LogP contribution in [0.3, 0.4) is 0 Å². The first-order valence-corrected chi connectivity index (χ1v) is 10.1. The summed E-state index contributed by atoms with van der Waals surface area (Å²) in [4.78, 5) is 12.2. The number of methoxy groups -OCH3 is 1. The summed E-state index contributed by atoms with van der Waals surface area (Å²) in [7, 11) is -3.09. The second-order valence-electron chi connectivity index (χ2n) is 4.91. The molecule has 0 saturated carbocycles. The third-order valence-corrected chi connectivity index (χ3v) is 9.66. The van der Waals surface area contributed by atoms with Crippen molar-refractivity contribution in [3.05, 3.63) is 0 Å². The third-order valence-electron chi connectivity index (χ3n) is 2.80. The van der Waals surface area contributed by atoms with E-state index in [1.165, 1.54) is 7.11 Å². The van der Waals surface area contributed by atoms with Crippen molar-refractivity contribution in [3.63, 3.8) is 0 Å². The van der Waals surface area contributed by atoms with E-state index in [1.54, 1.807) is 13.8 Å². The maximum absolute atomic E-state index is 13.0. The lowest BCUT2D eigenvalue weighted by molar-refractivity contribution is -0.138. The van der Waals surface area contributed by atoms with E-state index < -0.39 is 26.9 Å². The summed E-state index contributed by atoms with van der Waals surface area (Å²) >= 11 is 0. The molecule has 0 aliphatic carbocycles. The van der Waals surface area contributed by atoms with Crippen LogP contribution in [-0.2, 0) is 23.1 Å². The van der Waals surface area contributed by atoms with Crippen LogP contribution in [0.2, 0.25) is 0 Å². The first kappa shape index (κ1) is 20.1. The van der Waals surface area contributed by atoms with Gasteiger partial charge in [0.1, 0.15) is 0 Å². The molecule has 0 aromatic heterocycles. The standard InChI is InChI=1S/C13H28O5P2/c1-8-17-20(15,18-9-2)13(12(14)16-7)19(10(3)4)11(5)6/h10-11,13H,8-9H2,1-7H3. The van der Waals surface area contributed by atoms with E-state index in [0.717, 1.165) is 0 Å². The molecule has 0 aliphatic rings. The van der Waals surface area contributed by atoms with Gasteiger partial charge in [0.2, 0.25) is 0 Å². The van der Waals surface area contributed by atoms with Gasteiger partial charge in [-0.25, -0.2) is 0 Å². The van der Waals surface area contributed by atoms with E-state index in [9.17, 15) is 9.36 Å². The van der Waals surface area contributed by atoms with Gasteiger partial charge in [-0.3, -0.25) is 9.36 Å². The molecule has 0 saturated heterocycles. The number of esters is 1. The number of ether oxygens (including phenoxy) is 1. The molecule has 0 spiro atoms. The van der Waals surface area contributed by atoms with Crippen LogP contribution in [0.1, 0.15) is 41.5 Å². The molecule has 0 amide bonds. The van der Waals surface area contributed by atoms with E-state index in [0.29, 0.717) is 0 Å². The summed E-state index contributed by atoms with van der Waals surface area (Å²) in [5, 5.41) is -0.817. The van der Waals surface area contributed by atoms with Crippen LogP contribution in [0.25, 0.3) is 0 Å². The Balaban J connectivity index is 5.72. The van der Waals surface area contributed by atoms with Gasteiger partial charge in [0.25, 0.3) is 0 Å². The van der Waals surface area contributed by atoms with Gasteiger partial charge >= 0.3 is 13.6 Å². The predicted molar refractivity (Wildman–Crippen MR) is 83.9 cm³/mol. The molecule has 20 heavy (non-hydrogen) atoms. The fraction of sp³-hybridized carbons (Fsp3) is 0.923. The minimum Gasteiger partial charge on any atom is -0.468 e. The average molecular weight is 326 g/mol. The Hall–Kier alpha value is 0.0500. The van der Waals surface area contributed by atoms with Gasteiger partial charge in [-0.1, -0.05) is 35.6 Å². The molecule has 5 nitrogen and oxygen atoms in total. The average Bonchev–Trinajstić information content (AvgIpc) is 2.34. The lowest BCUT2D eigenvalue weighted by atomic mass is 10.5. The van der Waals surface area contributed by atoms with Crippen molar-refractivity contribution < 1.29 is 23.1 Å². The number of rotatable bonds is 9. The normalized spacial score (nSPS) is 14.1. The highest BCUT2D eigenvalue weighted by Gasteiger charge is 2.48. The van der Waals surface area contributed by atoms with E-state index in [2.05, 4.69) is 0 Å². The van der Waals surface area contributed by atoms with Gasteiger partial charge < -0.3 is 13.8 Å². The Bertz CT molecular complexity index is 326. The van der Waals surface area contributed by atoms with Gasteiger partial charge in [0.15, 0.2) is 5.40 Å². The van der Waals surface area contributed by atoms with E-state index in [-0.39, 0.29) is 24.5 Å². The van der Waals surface area contributed by atoms with Crippen LogP contribution >= 0.6 is 15.5 Å². The van der Waals surface area contributed by atoms with Crippen molar-refractivity contribution in [2.24, 2.45) is 0 Å². The summed E-state index contributed by atoms with van der Waals surface area (Å²) in [6.45, 7) is 12.1. The number of hydrogen-bond donors (Lipinski definition) is 0. The van der Waals surface area contributed by atoms with E-state index >= 15 is 0 Å². The minimum atomic E-state index is -3.51. The van der Waals surface area contributed by atoms with Crippen LogP contribution in [0.15, 0.2) is 0 Å². The maximum atomic E-state index is 13.0. The fourth-order valence-electron chi connectivity index (χ4n) is 2.22. The van der Waals surface area contributed by atoms with Gasteiger partial charge in [0, 0.05) is 0 Å². The zero-order valence-electron chi connectivity index (χ0n) is 13.6. The minimum absolute atomic E-state index is 0.225. The summed E-state index contributed by atoms with van der Waals surface area (Å²) in [5.41, 5.74) is 0.451. The molecule has 1 unspecified atom stereocenters. The number of hydrogen-bond acceptors (Lipinski definition) is 5. The molecular weight excluding hydrogens is 298 g/mol. The second kappa shape index (κ2) is 9.15. The quantitative estimate of drug-likeness (QED) is 0.472. The SMILES string of the molecule is CCOP(=O)(OCC)C(C(=O)OC)P(C(C)C)C(C)C. The second-order valence-corrected chi connectivity index (χ2v) is 10.9. The highest BCUT2D eigenvalue weighted by molar-refractivity contribution is 7.76. The first-order chi connectivity index (χ1) is 9.25. The van der Waals surface area contributed by atoms with Crippen LogP contribution < -0.4 is 0 Å². The van der Waals surface area contributed by atoms with Crippen molar-refractivity contribution in [1.29, 1.82) is 0 Å². The number of carbonyl (C=O) groups is 1. The van der Waals surface area contributed by atoms with Gasteiger partial charge in [-0.05, 0) is 25.2 Å². The molecule has 0 heterocycles. The Morgan fingerprint density at radius 1 is 1.05 bits per heavy atom. The Labute approximate surface area is 124 Å². The summed E-state index contributed by atoms with van der Waals surface area (Å²) < 4.78 is 28.7. The fourth-order valence-corrected chi connectivity index (χ4v) is 9.64. The Morgan fingerprint density at radius 3 is 1.70 bits per heavy atom. The highest BCUT2D eigenvalue weighted by atomic mass is 31.2. The molecule has 0 aromatic carbocycles. The topological polar surface area (TPSA) is 61.8 Å². The van der Waals surface area contributed by atoms with Gasteiger partial charge in [0.05, 0.1) is 20.3 Å². The Morgan fingerprint density at radius 2 is 1.45 bits per heavy atom. The van der Waals surface area contributed by atoms with Crippen LogP contribution in [0, 0.1) is 0 Å². The lowest BCUT2D eigenvalue weighted by Gasteiger charge is -2.35. The zero-order valence-corrected chi connectivity index (χ0v) is 15.4. The molecule has 7 heteroatoms. The largest absolute Gasteiger partial charge is 0.468 e. The summed E-state index contributed by atoms with van der Waals surface area (Å²) in [6, 6.07) is 0. The molecule has 0 aliphatic heterocycles. The number of carbonyl (C=O) groups excluding carboxylic acids is 1. The molecule has 0 radical (unpaired) electrons. The Kier molecular flexibility index (Phi) is 9.17. The van der Waals surface area contributed by atoms with E-state index in [1.807, 2.05) is 27.7 Å². The summed E-state index contributed by atoms with van der Waals surface area (Å²) in [5.74, 6) is -0.497. The lowest BCUT2D eigenvalue weighted by Crippen LogP contribution is -2.28. The third kappa shape index (κ3) is 5.11. The van der Waals surface area contributed by atoms with Crippen molar-refractivity contribution in [2.45, 2.75) is 58.3 Å². The first-order valence-electron chi connectivity index (χ1n) is 6.99. The van der Waals surface area contributed by atoms with Crippen molar-refractivity contribution in [2.75, 3.05) is 20.3 Å². The van der Waals surface area contributed by atoms with Crippen LogP contribution in [0.5, 0.6) is 0 Å². The molecule has 1 atom stereocenters. The molecule has 0 fully saturated rings. The monoisotopic (exact) mass is 326 g/mol. The van der Waals surface area contributed by atoms with Gasteiger partial charge in [-0.2, -0.15) is 0 Å².